The van der Waals surface area contributed by atoms with Gasteiger partial charge >= 0.3 is 6.09 Å². The SMILES string of the molecule is CC(C)OC(=O)Nc1ccc(-c2[nH]c3cc(OCCn4ncnn4)ccc3c2C#N)cc1. The Balaban J connectivity index is 1.52. The van der Waals surface area contributed by atoms with Crippen LogP contribution in [0, 0.1) is 11.3 Å². The summed E-state index contributed by atoms with van der Waals surface area (Å²) >= 11 is 0. The lowest BCUT2D eigenvalue weighted by atomic mass is 10.1. The molecule has 10 heteroatoms. The van der Waals surface area contributed by atoms with Gasteiger partial charge in [-0.1, -0.05) is 12.1 Å². The molecule has 0 fully saturated rings. The van der Waals surface area contributed by atoms with Crippen molar-refractivity contribution in [2.24, 2.45) is 0 Å². The van der Waals surface area contributed by atoms with Crippen LogP contribution in [0.2, 0.25) is 0 Å². The maximum Gasteiger partial charge on any atom is 0.411 e. The van der Waals surface area contributed by atoms with Crippen molar-refractivity contribution >= 4 is 22.7 Å². The Morgan fingerprint density at radius 2 is 2.06 bits per heavy atom. The fraction of sp³-hybridized carbons (Fsp3) is 0.227. The zero-order valence-corrected chi connectivity index (χ0v) is 17.6. The molecule has 2 heterocycles. The summed E-state index contributed by atoms with van der Waals surface area (Å²) in [6.45, 7) is 4.43. The van der Waals surface area contributed by atoms with Gasteiger partial charge in [0.15, 0.2) is 6.33 Å². The standard InChI is InChI=1S/C22H21N7O3/c1-14(2)32-22(30)26-16-5-3-15(4-6-16)21-19(12-23)18-8-7-17(11-20(18)27-21)31-10-9-29-25-13-24-28-29/h3-8,11,13-14,27H,9-10H2,1-2H3,(H,26,30). The molecule has 0 spiro atoms. The molecule has 0 saturated carbocycles. The number of anilines is 1. The minimum Gasteiger partial charge on any atom is -0.492 e. The van der Waals surface area contributed by atoms with Gasteiger partial charge in [0, 0.05) is 17.1 Å². The third-order valence-electron chi connectivity index (χ3n) is 4.60. The summed E-state index contributed by atoms with van der Waals surface area (Å²) in [5.74, 6) is 0.665. The number of benzene rings is 2. The summed E-state index contributed by atoms with van der Waals surface area (Å²) in [6.07, 6.45) is 0.658. The summed E-state index contributed by atoms with van der Waals surface area (Å²) in [5, 5.41) is 24.6. The summed E-state index contributed by atoms with van der Waals surface area (Å²) in [7, 11) is 0. The van der Waals surface area contributed by atoms with Crippen LogP contribution in [0.4, 0.5) is 10.5 Å². The van der Waals surface area contributed by atoms with Gasteiger partial charge in [-0.25, -0.2) is 4.79 Å². The average Bonchev–Trinajstić information content (AvgIpc) is 3.41. The van der Waals surface area contributed by atoms with Crippen molar-refractivity contribution in [2.75, 3.05) is 11.9 Å². The van der Waals surface area contributed by atoms with Crippen LogP contribution >= 0.6 is 0 Å². The van der Waals surface area contributed by atoms with Crippen molar-refractivity contribution in [3.05, 3.63) is 54.4 Å². The molecule has 4 rings (SSSR count). The summed E-state index contributed by atoms with van der Waals surface area (Å²) in [5.41, 5.74) is 3.45. The van der Waals surface area contributed by atoms with Crippen molar-refractivity contribution in [1.29, 1.82) is 5.26 Å². The molecule has 0 unspecified atom stereocenters. The first kappa shape index (κ1) is 20.9. The van der Waals surface area contributed by atoms with Gasteiger partial charge in [-0.3, -0.25) is 5.32 Å². The van der Waals surface area contributed by atoms with E-state index in [4.69, 9.17) is 9.47 Å². The van der Waals surface area contributed by atoms with Crippen LogP contribution in [0.1, 0.15) is 19.4 Å². The van der Waals surface area contributed by atoms with E-state index in [9.17, 15) is 10.1 Å². The quantitative estimate of drug-likeness (QED) is 0.456. The first-order valence-corrected chi connectivity index (χ1v) is 10.0. The number of ether oxygens (including phenoxy) is 2. The van der Waals surface area contributed by atoms with Crippen LogP contribution < -0.4 is 10.1 Å². The molecular formula is C22H21N7O3. The number of aromatic amines is 1. The van der Waals surface area contributed by atoms with E-state index in [0.717, 1.165) is 16.5 Å². The Morgan fingerprint density at radius 3 is 2.75 bits per heavy atom. The number of fused-ring (bicyclic) bond motifs is 1. The topological polar surface area (TPSA) is 131 Å². The second kappa shape index (κ2) is 9.18. The molecule has 0 saturated heterocycles. The molecule has 0 aliphatic heterocycles. The van der Waals surface area contributed by atoms with Gasteiger partial charge in [0.05, 0.1) is 29.4 Å². The molecule has 0 atom stereocenters. The molecule has 2 N–H and O–H groups in total. The number of nitrogens with zero attached hydrogens (tertiary/aromatic N) is 5. The number of carbonyl (C=O) groups excluding carboxylic acids is 1. The number of amides is 1. The molecule has 4 aromatic rings. The van der Waals surface area contributed by atoms with Crippen molar-refractivity contribution in [3.63, 3.8) is 0 Å². The minimum atomic E-state index is -0.511. The Labute approximate surface area is 183 Å². The normalized spacial score (nSPS) is 10.8. The summed E-state index contributed by atoms with van der Waals surface area (Å²) in [4.78, 5) is 16.5. The zero-order valence-electron chi connectivity index (χ0n) is 17.6. The number of aromatic nitrogens is 5. The largest absolute Gasteiger partial charge is 0.492 e. The summed E-state index contributed by atoms with van der Waals surface area (Å²) < 4.78 is 10.9. The lowest BCUT2D eigenvalue weighted by molar-refractivity contribution is 0.130. The Bertz CT molecular complexity index is 1260. The van der Waals surface area contributed by atoms with Gasteiger partial charge in [-0.05, 0) is 48.9 Å². The van der Waals surface area contributed by atoms with Crippen LogP contribution in [0.25, 0.3) is 22.2 Å². The van der Waals surface area contributed by atoms with Crippen LogP contribution in [0.3, 0.4) is 0 Å². The molecule has 32 heavy (non-hydrogen) atoms. The van der Waals surface area contributed by atoms with Crippen LogP contribution in [-0.2, 0) is 11.3 Å². The number of H-pyrrole nitrogens is 1. The lowest BCUT2D eigenvalue weighted by Gasteiger charge is -2.09. The number of nitriles is 1. The molecule has 0 aliphatic rings. The molecule has 162 valence electrons. The van der Waals surface area contributed by atoms with Gasteiger partial charge in [0.25, 0.3) is 0 Å². The third kappa shape index (κ3) is 4.67. The van der Waals surface area contributed by atoms with Crippen molar-refractivity contribution in [1.82, 2.24) is 25.2 Å². The van der Waals surface area contributed by atoms with Gasteiger partial charge in [0.2, 0.25) is 0 Å². The fourth-order valence-corrected chi connectivity index (χ4v) is 3.22. The van der Waals surface area contributed by atoms with E-state index >= 15 is 0 Å². The van der Waals surface area contributed by atoms with E-state index in [2.05, 4.69) is 31.8 Å². The van der Waals surface area contributed by atoms with Gasteiger partial charge in [0.1, 0.15) is 18.4 Å². The maximum absolute atomic E-state index is 11.8. The maximum atomic E-state index is 11.8. The van der Waals surface area contributed by atoms with Crippen LogP contribution in [-0.4, -0.2) is 44.0 Å². The lowest BCUT2D eigenvalue weighted by Crippen LogP contribution is -2.17. The van der Waals surface area contributed by atoms with E-state index in [0.29, 0.717) is 35.8 Å². The molecule has 2 aromatic heterocycles. The van der Waals surface area contributed by atoms with E-state index in [1.807, 2.05) is 30.3 Å². The second-order valence-electron chi connectivity index (χ2n) is 7.23. The predicted molar refractivity (Wildman–Crippen MR) is 117 cm³/mol. The number of rotatable bonds is 7. The van der Waals surface area contributed by atoms with E-state index in [1.165, 1.54) is 11.1 Å². The number of hydrogen-bond donors (Lipinski definition) is 2. The molecule has 1 amide bonds. The predicted octanol–water partition coefficient (Wildman–Crippen LogP) is 3.73. The van der Waals surface area contributed by atoms with E-state index in [1.54, 1.807) is 26.0 Å². The molecule has 0 radical (unpaired) electrons. The monoisotopic (exact) mass is 431 g/mol. The van der Waals surface area contributed by atoms with E-state index < -0.39 is 6.09 Å². The first-order chi connectivity index (χ1) is 15.5. The zero-order chi connectivity index (χ0) is 22.5. The second-order valence-corrected chi connectivity index (χ2v) is 7.23. The molecule has 10 nitrogen and oxygen atoms in total. The van der Waals surface area contributed by atoms with Gasteiger partial charge in [-0.15, -0.1) is 10.2 Å². The summed E-state index contributed by atoms with van der Waals surface area (Å²) in [6, 6.07) is 15.0. The molecule has 0 bridgehead atoms. The van der Waals surface area contributed by atoms with Crippen molar-refractivity contribution in [3.8, 4) is 23.1 Å². The first-order valence-electron chi connectivity index (χ1n) is 10.0. The molecule has 2 aromatic carbocycles. The average molecular weight is 431 g/mol. The van der Waals surface area contributed by atoms with Gasteiger partial charge < -0.3 is 14.5 Å². The Hall–Kier alpha value is -4.39. The highest BCUT2D eigenvalue weighted by molar-refractivity contribution is 5.94. The van der Waals surface area contributed by atoms with E-state index in [-0.39, 0.29) is 6.10 Å². The minimum absolute atomic E-state index is 0.202. The highest BCUT2D eigenvalue weighted by Gasteiger charge is 2.14. The highest BCUT2D eigenvalue weighted by atomic mass is 16.6. The van der Waals surface area contributed by atoms with Gasteiger partial charge in [-0.2, -0.15) is 10.1 Å². The highest BCUT2D eigenvalue weighted by Crippen LogP contribution is 2.32. The van der Waals surface area contributed by atoms with Crippen molar-refractivity contribution < 1.29 is 14.3 Å². The molecular weight excluding hydrogens is 410 g/mol. The number of tetrazole rings is 1. The number of nitrogens with one attached hydrogen (secondary N) is 2. The third-order valence-corrected chi connectivity index (χ3v) is 4.60. The fourth-order valence-electron chi connectivity index (χ4n) is 3.22. The Morgan fingerprint density at radius 1 is 1.25 bits per heavy atom. The Kier molecular flexibility index (Phi) is 5.98. The van der Waals surface area contributed by atoms with Crippen LogP contribution in [0.15, 0.2) is 48.8 Å². The molecule has 0 aliphatic carbocycles. The number of hydrogen-bond acceptors (Lipinski definition) is 7. The smallest absolute Gasteiger partial charge is 0.411 e. The number of carbonyl (C=O) groups is 1. The van der Waals surface area contributed by atoms with Crippen LogP contribution in [0.5, 0.6) is 5.75 Å². The van der Waals surface area contributed by atoms with Crippen molar-refractivity contribution in [2.45, 2.75) is 26.5 Å².